The largest absolute Gasteiger partial charge is 0.462 e. The lowest BCUT2D eigenvalue weighted by Gasteiger charge is -2.09. The average molecular weight is 320 g/mol. The van der Waals surface area contributed by atoms with Gasteiger partial charge in [0, 0.05) is 22.3 Å². The Morgan fingerprint density at radius 2 is 2.12 bits per heavy atom. The first-order valence-corrected chi connectivity index (χ1v) is 6.49. The molecule has 1 aromatic carbocycles. The Balaban J connectivity index is 3.17. The van der Waals surface area contributed by atoms with E-state index in [9.17, 15) is 9.59 Å². The summed E-state index contributed by atoms with van der Waals surface area (Å²) in [5, 5.41) is 0. The van der Waals surface area contributed by atoms with Gasteiger partial charge < -0.3 is 4.74 Å². The summed E-state index contributed by atoms with van der Waals surface area (Å²) in [5.74, 6) is -0.440. The molecule has 0 spiro atoms. The van der Waals surface area contributed by atoms with Crippen LogP contribution in [0.4, 0.5) is 0 Å². The summed E-state index contributed by atoms with van der Waals surface area (Å²) >= 11 is 8.80. The highest BCUT2D eigenvalue weighted by atomic mass is 79.9. The first kappa shape index (κ1) is 14.2. The minimum absolute atomic E-state index is 0.171. The highest BCUT2D eigenvalue weighted by molar-refractivity contribution is 9.10. The fourth-order valence-electron chi connectivity index (χ4n) is 1.40. The predicted octanol–water partition coefficient (Wildman–Crippen LogP) is 3.44. The molecule has 0 radical (unpaired) electrons. The maximum Gasteiger partial charge on any atom is 0.338 e. The number of benzene rings is 1. The molecule has 0 bridgehead atoms. The van der Waals surface area contributed by atoms with Crippen LogP contribution in [0.15, 0.2) is 22.7 Å². The van der Waals surface area contributed by atoms with E-state index in [4.69, 9.17) is 16.3 Å². The van der Waals surface area contributed by atoms with Crippen molar-refractivity contribution >= 4 is 39.3 Å². The fourth-order valence-corrected chi connectivity index (χ4v) is 2.16. The van der Waals surface area contributed by atoms with Gasteiger partial charge in [0.2, 0.25) is 0 Å². The van der Waals surface area contributed by atoms with Crippen molar-refractivity contribution in [1.82, 2.24) is 0 Å². The number of Topliss-reactive ketones (excluding diaryl/α,β-unsaturated/α-hetero) is 1. The summed E-state index contributed by atoms with van der Waals surface area (Å²) < 4.78 is 5.49. The second-order valence-electron chi connectivity index (χ2n) is 3.25. The van der Waals surface area contributed by atoms with Gasteiger partial charge >= 0.3 is 5.97 Å². The Kier molecular flexibility index (Phi) is 5.65. The van der Waals surface area contributed by atoms with Crippen molar-refractivity contribution in [2.75, 3.05) is 12.5 Å². The van der Waals surface area contributed by atoms with Crippen LogP contribution in [0, 0.1) is 0 Å². The van der Waals surface area contributed by atoms with Crippen molar-refractivity contribution < 1.29 is 14.3 Å². The van der Waals surface area contributed by atoms with Crippen LogP contribution in [0.2, 0.25) is 0 Å². The summed E-state index contributed by atoms with van der Waals surface area (Å²) in [7, 11) is 0. The van der Waals surface area contributed by atoms with E-state index in [0.717, 1.165) is 0 Å². The monoisotopic (exact) mass is 318 g/mol. The maximum atomic E-state index is 11.9. The molecule has 0 unspecified atom stereocenters. The van der Waals surface area contributed by atoms with E-state index in [2.05, 4.69) is 15.9 Å². The van der Waals surface area contributed by atoms with Crippen LogP contribution in [-0.4, -0.2) is 24.2 Å². The zero-order valence-electron chi connectivity index (χ0n) is 9.33. The van der Waals surface area contributed by atoms with Gasteiger partial charge in [-0.2, -0.15) is 0 Å². The van der Waals surface area contributed by atoms with Crippen molar-refractivity contribution in [3.8, 4) is 0 Å². The Morgan fingerprint density at radius 3 is 2.71 bits per heavy atom. The minimum atomic E-state index is -0.494. The Labute approximate surface area is 113 Å². The Bertz CT molecular complexity index is 432. The summed E-state index contributed by atoms with van der Waals surface area (Å²) in [6.07, 6.45) is 0.191. The number of hydrogen-bond donors (Lipinski definition) is 0. The molecule has 0 fully saturated rings. The molecule has 1 aromatic rings. The standard InChI is InChI=1S/C12H12BrClO3/c1-2-17-12(16)8-4-3-5-9(13)11(8)10(15)6-7-14/h3-5H,2,6-7H2,1H3. The van der Waals surface area contributed by atoms with Gasteiger partial charge in [-0.15, -0.1) is 11.6 Å². The SMILES string of the molecule is CCOC(=O)c1cccc(Br)c1C(=O)CCCl. The average Bonchev–Trinajstić information content (AvgIpc) is 2.29. The van der Waals surface area contributed by atoms with E-state index in [-0.39, 0.29) is 30.3 Å². The normalized spacial score (nSPS) is 10.1. The molecule has 0 saturated heterocycles. The maximum absolute atomic E-state index is 11.9. The van der Waals surface area contributed by atoms with Gasteiger partial charge in [0.1, 0.15) is 0 Å². The second-order valence-corrected chi connectivity index (χ2v) is 4.48. The Morgan fingerprint density at radius 1 is 1.41 bits per heavy atom. The molecule has 0 atom stereocenters. The molecule has 0 aliphatic rings. The fraction of sp³-hybridized carbons (Fsp3) is 0.333. The minimum Gasteiger partial charge on any atom is -0.462 e. The van der Waals surface area contributed by atoms with E-state index < -0.39 is 5.97 Å². The van der Waals surface area contributed by atoms with Crippen LogP contribution in [0.5, 0.6) is 0 Å². The van der Waals surface area contributed by atoms with Crippen molar-refractivity contribution in [1.29, 1.82) is 0 Å². The van der Waals surface area contributed by atoms with Crippen LogP contribution >= 0.6 is 27.5 Å². The van der Waals surface area contributed by atoms with Gasteiger partial charge in [-0.25, -0.2) is 4.79 Å². The molecule has 92 valence electrons. The molecule has 0 aromatic heterocycles. The van der Waals surface area contributed by atoms with Crippen molar-refractivity contribution in [2.24, 2.45) is 0 Å². The van der Waals surface area contributed by atoms with Gasteiger partial charge in [0.25, 0.3) is 0 Å². The number of rotatable bonds is 5. The van der Waals surface area contributed by atoms with E-state index in [1.54, 1.807) is 25.1 Å². The molecule has 0 heterocycles. The van der Waals surface area contributed by atoms with E-state index in [1.165, 1.54) is 0 Å². The Hall–Kier alpha value is -0.870. The molecule has 3 nitrogen and oxygen atoms in total. The number of halogens is 2. The molecule has 0 N–H and O–H groups in total. The van der Waals surface area contributed by atoms with Gasteiger partial charge in [0.15, 0.2) is 5.78 Å². The summed E-state index contributed by atoms with van der Waals surface area (Å²) in [5.41, 5.74) is 0.614. The number of hydrogen-bond acceptors (Lipinski definition) is 3. The lowest BCUT2D eigenvalue weighted by atomic mass is 10.0. The molecule has 0 amide bonds. The molecule has 0 saturated carbocycles. The van der Waals surface area contributed by atoms with Crippen LogP contribution in [0.25, 0.3) is 0 Å². The third-order valence-corrected chi connectivity index (χ3v) is 2.96. The second kappa shape index (κ2) is 6.77. The quantitative estimate of drug-likeness (QED) is 0.474. The van der Waals surface area contributed by atoms with Gasteiger partial charge in [0.05, 0.1) is 12.2 Å². The highest BCUT2D eigenvalue weighted by Crippen LogP contribution is 2.23. The predicted molar refractivity (Wildman–Crippen MR) is 69.8 cm³/mol. The van der Waals surface area contributed by atoms with Gasteiger partial charge in [-0.1, -0.05) is 22.0 Å². The number of carbonyl (C=O) groups excluding carboxylic acids is 2. The molecule has 5 heteroatoms. The molecule has 1 rings (SSSR count). The van der Waals surface area contributed by atoms with E-state index in [1.807, 2.05) is 0 Å². The number of ketones is 1. The van der Waals surface area contributed by atoms with Crippen LogP contribution < -0.4 is 0 Å². The zero-order valence-corrected chi connectivity index (χ0v) is 11.7. The smallest absolute Gasteiger partial charge is 0.338 e. The topological polar surface area (TPSA) is 43.4 Å². The van der Waals surface area contributed by atoms with Crippen molar-refractivity contribution in [2.45, 2.75) is 13.3 Å². The third kappa shape index (κ3) is 3.54. The number of esters is 1. The van der Waals surface area contributed by atoms with E-state index >= 15 is 0 Å². The summed E-state index contributed by atoms with van der Waals surface area (Å²) in [6.45, 7) is 1.99. The van der Waals surface area contributed by atoms with Crippen molar-refractivity contribution in [3.05, 3.63) is 33.8 Å². The number of alkyl halides is 1. The number of ether oxygens (including phenoxy) is 1. The summed E-state index contributed by atoms with van der Waals surface area (Å²) in [4.78, 5) is 23.6. The third-order valence-electron chi connectivity index (χ3n) is 2.11. The van der Waals surface area contributed by atoms with Crippen LogP contribution in [0.3, 0.4) is 0 Å². The summed E-state index contributed by atoms with van der Waals surface area (Å²) in [6, 6.07) is 4.97. The highest BCUT2D eigenvalue weighted by Gasteiger charge is 2.20. The lowest BCUT2D eigenvalue weighted by Crippen LogP contribution is -2.13. The zero-order chi connectivity index (χ0) is 12.8. The molecular formula is C12H12BrClO3. The van der Waals surface area contributed by atoms with Crippen LogP contribution in [0.1, 0.15) is 34.1 Å². The molecule has 0 aliphatic carbocycles. The molecule has 0 aliphatic heterocycles. The van der Waals surface area contributed by atoms with E-state index in [0.29, 0.717) is 10.0 Å². The van der Waals surface area contributed by atoms with Gasteiger partial charge in [-0.3, -0.25) is 4.79 Å². The first-order chi connectivity index (χ1) is 8.11. The number of carbonyl (C=O) groups is 2. The molecule has 17 heavy (non-hydrogen) atoms. The first-order valence-electron chi connectivity index (χ1n) is 5.16. The lowest BCUT2D eigenvalue weighted by molar-refractivity contribution is 0.0523. The van der Waals surface area contributed by atoms with Gasteiger partial charge in [-0.05, 0) is 19.1 Å². The van der Waals surface area contributed by atoms with Crippen LogP contribution in [-0.2, 0) is 4.74 Å². The molecular weight excluding hydrogens is 307 g/mol. The van der Waals surface area contributed by atoms with Crippen molar-refractivity contribution in [3.63, 3.8) is 0 Å².